The number of aryl methyl sites for hydroxylation is 1. The molecule has 0 aliphatic carbocycles. The molecule has 1 unspecified atom stereocenters. The van der Waals surface area contributed by atoms with E-state index >= 15 is 0 Å². The van der Waals surface area contributed by atoms with Crippen LogP contribution in [0.5, 0.6) is 0 Å². The van der Waals surface area contributed by atoms with Gasteiger partial charge in [-0.25, -0.2) is 9.18 Å². The molecule has 1 atom stereocenters. The van der Waals surface area contributed by atoms with E-state index in [1.165, 1.54) is 26.2 Å². The Hall–Kier alpha value is -2.41. The van der Waals surface area contributed by atoms with Gasteiger partial charge >= 0.3 is 5.97 Å². The molecular weight excluding hydrogens is 291 g/mol. The van der Waals surface area contributed by atoms with Crippen LogP contribution in [-0.4, -0.2) is 41.2 Å². The summed E-state index contributed by atoms with van der Waals surface area (Å²) in [4.78, 5) is 26.3. The first-order valence-electron chi connectivity index (χ1n) is 6.60. The minimum atomic E-state index is -1.55. The lowest BCUT2D eigenvalue weighted by atomic mass is 10.0. The molecule has 1 amide bonds. The Labute approximate surface area is 126 Å². The van der Waals surface area contributed by atoms with Crippen LogP contribution in [0.15, 0.2) is 18.2 Å². The average molecular weight is 308 g/mol. The summed E-state index contributed by atoms with van der Waals surface area (Å²) in [6, 6.07) is 4.21. The van der Waals surface area contributed by atoms with Crippen molar-refractivity contribution in [1.29, 1.82) is 0 Å². The van der Waals surface area contributed by atoms with Crippen LogP contribution in [0.1, 0.15) is 23.0 Å². The highest BCUT2D eigenvalue weighted by Crippen LogP contribution is 2.21. The number of ether oxygens (including phenoxy) is 1. The number of carbonyl (C=O) groups is 2. The Kier molecular flexibility index (Phi) is 4.18. The van der Waals surface area contributed by atoms with Crippen LogP contribution < -0.4 is 5.32 Å². The number of aromatic amines is 1. The standard InChI is InChI=1S/C15H17FN2O4/c1-8-4-9(16)5-11-10(8)6-12(17-11)13(19)18-15(2,7-22-3)14(20)21/h4-6,17H,7H2,1-3H3,(H,18,19)(H,20,21). The van der Waals surface area contributed by atoms with E-state index in [1.807, 2.05) is 0 Å². The van der Waals surface area contributed by atoms with Crippen molar-refractivity contribution in [2.45, 2.75) is 19.4 Å². The molecule has 0 spiro atoms. The molecule has 2 aromatic rings. The van der Waals surface area contributed by atoms with Crippen molar-refractivity contribution in [3.05, 3.63) is 35.3 Å². The molecule has 0 fully saturated rings. The summed E-state index contributed by atoms with van der Waals surface area (Å²) in [6.07, 6.45) is 0. The molecule has 3 N–H and O–H groups in total. The summed E-state index contributed by atoms with van der Waals surface area (Å²) in [5.41, 5.74) is -0.231. The van der Waals surface area contributed by atoms with Crippen molar-refractivity contribution in [2.24, 2.45) is 0 Å². The minimum absolute atomic E-state index is 0.160. The van der Waals surface area contributed by atoms with Crippen LogP contribution in [-0.2, 0) is 9.53 Å². The van der Waals surface area contributed by atoms with Gasteiger partial charge < -0.3 is 20.1 Å². The molecule has 0 saturated heterocycles. The number of halogens is 1. The van der Waals surface area contributed by atoms with Crippen LogP contribution >= 0.6 is 0 Å². The smallest absolute Gasteiger partial charge is 0.331 e. The molecule has 0 bridgehead atoms. The number of carboxylic acids is 1. The maximum atomic E-state index is 13.4. The van der Waals surface area contributed by atoms with Gasteiger partial charge in [0.2, 0.25) is 0 Å². The average Bonchev–Trinajstić information content (AvgIpc) is 2.82. The number of aromatic nitrogens is 1. The summed E-state index contributed by atoms with van der Waals surface area (Å²) in [5.74, 6) is -2.22. The first-order chi connectivity index (χ1) is 10.3. The first kappa shape index (κ1) is 16.0. The van der Waals surface area contributed by atoms with Crippen LogP contribution in [0, 0.1) is 12.7 Å². The van der Waals surface area contributed by atoms with Crippen molar-refractivity contribution < 1.29 is 23.8 Å². The fraction of sp³-hybridized carbons (Fsp3) is 0.333. The molecule has 0 aliphatic rings. The second-order valence-corrected chi connectivity index (χ2v) is 5.39. The van der Waals surface area contributed by atoms with Gasteiger partial charge in [-0.2, -0.15) is 0 Å². The number of carboxylic acid groups (broad SMARTS) is 1. The lowest BCUT2D eigenvalue weighted by molar-refractivity contribution is -0.145. The Balaban J connectivity index is 2.33. The number of benzene rings is 1. The van der Waals surface area contributed by atoms with Crippen molar-refractivity contribution in [3.63, 3.8) is 0 Å². The molecular formula is C15H17FN2O4. The number of hydrogen-bond acceptors (Lipinski definition) is 3. The molecule has 1 aromatic heterocycles. The summed E-state index contributed by atoms with van der Waals surface area (Å²) < 4.78 is 18.2. The van der Waals surface area contributed by atoms with Gasteiger partial charge in [0, 0.05) is 18.0 Å². The number of methoxy groups -OCH3 is 1. The van der Waals surface area contributed by atoms with Crippen molar-refractivity contribution in [3.8, 4) is 0 Å². The van der Waals surface area contributed by atoms with E-state index in [-0.39, 0.29) is 12.3 Å². The van der Waals surface area contributed by atoms with E-state index < -0.39 is 23.2 Å². The van der Waals surface area contributed by atoms with Crippen LogP contribution in [0.4, 0.5) is 4.39 Å². The molecule has 0 radical (unpaired) electrons. The van der Waals surface area contributed by atoms with E-state index in [9.17, 15) is 19.1 Å². The molecule has 118 valence electrons. The molecule has 1 aromatic carbocycles. The van der Waals surface area contributed by atoms with Gasteiger partial charge in [-0.05, 0) is 37.6 Å². The van der Waals surface area contributed by atoms with Gasteiger partial charge in [0.05, 0.1) is 6.61 Å². The fourth-order valence-corrected chi connectivity index (χ4v) is 2.26. The zero-order valence-corrected chi connectivity index (χ0v) is 12.5. The number of fused-ring (bicyclic) bond motifs is 1. The highest BCUT2D eigenvalue weighted by Gasteiger charge is 2.35. The predicted molar refractivity (Wildman–Crippen MR) is 78.4 cm³/mol. The highest BCUT2D eigenvalue weighted by atomic mass is 19.1. The molecule has 0 aliphatic heterocycles. The molecule has 22 heavy (non-hydrogen) atoms. The van der Waals surface area contributed by atoms with Crippen LogP contribution in [0.25, 0.3) is 10.9 Å². The van der Waals surface area contributed by atoms with E-state index in [2.05, 4.69) is 10.3 Å². The third-order valence-corrected chi connectivity index (χ3v) is 3.45. The lowest BCUT2D eigenvalue weighted by Gasteiger charge is -2.24. The first-order valence-corrected chi connectivity index (χ1v) is 6.60. The summed E-state index contributed by atoms with van der Waals surface area (Å²) in [6.45, 7) is 2.90. The number of amides is 1. The van der Waals surface area contributed by atoms with E-state index in [1.54, 1.807) is 13.0 Å². The number of carbonyl (C=O) groups excluding carboxylic acids is 1. The zero-order valence-electron chi connectivity index (χ0n) is 12.5. The normalized spacial score (nSPS) is 13.8. The number of rotatable bonds is 5. The van der Waals surface area contributed by atoms with E-state index in [0.29, 0.717) is 16.5 Å². The maximum Gasteiger partial charge on any atom is 0.331 e. The summed E-state index contributed by atoms with van der Waals surface area (Å²) >= 11 is 0. The van der Waals surface area contributed by atoms with E-state index in [4.69, 9.17) is 4.74 Å². The Bertz CT molecular complexity index is 740. The summed E-state index contributed by atoms with van der Waals surface area (Å²) in [7, 11) is 1.35. The van der Waals surface area contributed by atoms with Crippen LogP contribution in [0.2, 0.25) is 0 Å². The Morgan fingerprint density at radius 2 is 2.09 bits per heavy atom. The molecule has 1 heterocycles. The number of nitrogens with one attached hydrogen (secondary N) is 2. The van der Waals surface area contributed by atoms with Crippen LogP contribution in [0.3, 0.4) is 0 Å². The quantitative estimate of drug-likeness (QED) is 0.786. The van der Waals surface area contributed by atoms with Gasteiger partial charge in [-0.1, -0.05) is 0 Å². The van der Waals surface area contributed by atoms with Gasteiger partial charge in [0.15, 0.2) is 5.54 Å². The van der Waals surface area contributed by atoms with Gasteiger partial charge in [-0.3, -0.25) is 4.79 Å². The molecule has 0 saturated carbocycles. The second-order valence-electron chi connectivity index (χ2n) is 5.39. The van der Waals surface area contributed by atoms with E-state index in [0.717, 1.165) is 0 Å². The van der Waals surface area contributed by atoms with Crippen molar-refractivity contribution >= 4 is 22.8 Å². The largest absolute Gasteiger partial charge is 0.479 e. The van der Waals surface area contributed by atoms with Gasteiger partial charge in [0.25, 0.3) is 5.91 Å². The zero-order chi connectivity index (χ0) is 16.5. The monoisotopic (exact) mass is 308 g/mol. The maximum absolute atomic E-state index is 13.4. The number of H-pyrrole nitrogens is 1. The topological polar surface area (TPSA) is 91.4 Å². The lowest BCUT2D eigenvalue weighted by Crippen LogP contribution is -2.55. The Morgan fingerprint density at radius 3 is 2.68 bits per heavy atom. The second kappa shape index (κ2) is 5.76. The van der Waals surface area contributed by atoms with Crippen molar-refractivity contribution in [2.75, 3.05) is 13.7 Å². The molecule has 2 rings (SSSR count). The number of aliphatic carboxylic acids is 1. The molecule has 6 nitrogen and oxygen atoms in total. The molecule has 7 heteroatoms. The number of hydrogen-bond donors (Lipinski definition) is 3. The summed E-state index contributed by atoms with van der Waals surface area (Å²) in [5, 5.41) is 12.3. The highest BCUT2D eigenvalue weighted by molar-refractivity contribution is 6.01. The van der Waals surface area contributed by atoms with Crippen molar-refractivity contribution in [1.82, 2.24) is 10.3 Å². The minimum Gasteiger partial charge on any atom is -0.479 e. The predicted octanol–water partition coefficient (Wildman–Crippen LogP) is 1.83. The third kappa shape index (κ3) is 2.94. The third-order valence-electron chi connectivity index (χ3n) is 3.45. The fourth-order valence-electron chi connectivity index (χ4n) is 2.26. The SMILES string of the molecule is COCC(C)(NC(=O)c1cc2c(C)cc(F)cc2[nH]1)C(=O)O. The van der Waals surface area contributed by atoms with Gasteiger partial charge in [-0.15, -0.1) is 0 Å². The van der Waals surface area contributed by atoms with Gasteiger partial charge in [0.1, 0.15) is 11.5 Å². The Morgan fingerprint density at radius 1 is 1.41 bits per heavy atom.